The number of halogens is 1. The molecule has 0 N–H and O–H groups in total. The molecular formula is C18H20ClN3O. The van der Waals surface area contributed by atoms with Crippen molar-refractivity contribution in [1.82, 2.24) is 14.8 Å². The molecule has 23 heavy (non-hydrogen) atoms. The molecule has 1 aromatic heterocycles. The number of pyridine rings is 1. The molecule has 4 rings (SSSR count). The molecule has 4 nitrogen and oxygen atoms in total. The number of para-hydroxylation sites is 1. The summed E-state index contributed by atoms with van der Waals surface area (Å²) in [4.78, 5) is 21.3. The lowest BCUT2D eigenvalue weighted by Gasteiger charge is -2.48. The minimum Gasteiger partial charge on any atom is -0.324 e. The summed E-state index contributed by atoms with van der Waals surface area (Å²) in [6.45, 7) is 4.82. The van der Waals surface area contributed by atoms with E-state index >= 15 is 0 Å². The minimum absolute atomic E-state index is 0.160. The summed E-state index contributed by atoms with van der Waals surface area (Å²) >= 11 is 6.28. The summed E-state index contributed by atoms with van der Waals surface area (Å²) in [5, 5.41) is 1.75. The number of carbonyl (C=O) groups is 1. The Morgan fingerprint density at radius 3 is 3.00 bits per heavy atom. The predicted octanol–water partition coefficient (Wildman–Crippen LogP) is 3.43. The first-order valence-electron chi connectivity index (χ1n) is 8.18. The van der Waals surface area contributed by atoms with Crippen LogP contribution in [0.5, 0.6) is 0 Å². The molecule has 0 spiro atoms. The second kappa shape index (κ2) is 5.46. The maximum absolute atomic E-state index is 12.1. The fraction of sp³-hybridized carbons (Fsp3) is 0.444. The molecule has 1 amide bonds. The van der Waals surface area contributed by atoms with Crippen LogP contribution in [-0.2, 0) is 11.3 Å². The maximum atomic E-state index is 12.1. The summed E-state index contributed by atoms with van der Waals surface area (Å²) in [6.07, 6.45) is 2.58. The van der Waals surface area contributed by atoms with Crippen LogP contribution in [-0.4, -0.2) is 39.4 Å². The number of hydrogen-bond acceptors (Lipinski definition) is 3. The quantitative estimate of drug-likeness (QED) is 0.847. The number of benzene rings is 1. The van der Waals surface area contributed by atoms with E-state index in [1.165, 1.54) is 0 Å². The Balaban J connectivity index is 1.65. The highest BCUT2D eigenvalue weighted by Crippen LogP contribution is 2.37. The zero-order valence-electron chi connectivity index (χ0n) is 13.3. The van der Waals surface area contributed by atoms with Gasteiger partial charge in [-0.3, -0.25) is 9.69 Å². The Hall–Kier alpha value is -1.65. The van der Waals surface area contributed by atoms with Crippen LogP contribution in [0.1, 0.15) is 31.9 Å². The van der Waals surface area contributed by atoms with E-state index in [4.69, 9.17) is 16.6 Å². The standard InChI is InChI=1S/C18H20ClN3O/c1-18-9-8-16(23)22(18)11-3-10-21(18)12-14-7-6-13-4-2-5-15(19)17(13)20-14/h2,4-7H,3,8-12H2,1H3/t18-/m1/s1. The third-order valence-electron chi connectivity index (χ3n) is 5.27. The lowest BCUT2D eigenvalue weighted by Crippen LogP contribution is -2.60. The van der Waals surface area contributed by atoms with E-state index in [0.717, 1.165) is 49.1 Å². The average molecular weight is 330 g/mol. The number of hydrogen-bond donors (Lipinski definition) is 0. The van der Waals surface area contributed by atoms with Crippen molar-refractivity contribution in [1.29, 1.82) is 0 Å². The normalized spacial score (nSPS) is 25.1. The number of aromatic nitrogens is 1. The van der Waals surface area contributed by atoms with Gasteiger partial charge >= 0.3 is 0 Å². The van der Waals surface area contributed by atoms with Crippen LogP contribution >= 0.6 is 11.6 Å². The van der Waals surface area contributed by atoms with E-state index in [1.54, 1.807) is 0 Å². The van der Waals surface area contributed by atoms with Gasteiger partial charge in [-0.25, -0.2) is 4.98 Å². The van der Waals surface area contributed by atoms with Crippen molar-refractivity contribution in [2.75, 3.05) is 13.1 Å². The van der Waals surface area contributed by atoms with Crippen molar-refractivity contribution in [2.24, 2.45) is 0 Å². The van der Waals surface area contributed by atoms with Crippen molar-refractivity contribution in [2.45, 2.75) is 38.4 Å². The Kier molecular flexibility index (Phi) is 3.54. The zero-order valence-corrected chi connectivity index (χ0v) is 14.0. The lowest BCUT2D eigenvalue weighted by atomic mass is 10.0. The lowest BCUT2D eigenvalue weighted by molar-refractivity contribution is -0.141. The summed E-state index contributed by atoms with van der Waals surface area (Å²) in [5.74, 6) is 0.284. The van der Waals surface area contributed by atoms with Crippen LogP contribution in [0.25, 0.3) is 10.9 Å². The smallest absolute Gasteiger partial charge is 0.224 e. The molecule has 1 atom stereocenters. The summed E-state index contributed by atoms with van der Waals surface area (Å²) < 4.78 is 0. The summed E-state index contributed by atoms with van der Waals surface area (Å²) in [6, 6.07) is 9.99. The molecule has 0 aliphatic carbocycles. The first-order chi connectivity index (χ1) is 11.1. The van der Waals surface area contributed by atoms with E-state index in [0.29, 0.717) is 11.4 Å². The maximum Gasteiger partial charge on any atom is 0.224 e. The molecule has 2 aliphatic heterocycles. The molecule has 5 heteroatoms. The van der Waals surface area contributed by atoms with Gasteiger partial charge in [0.05, 0.1) is 21.9 Å². The van der Waals surface area contributed by atoms with Gasteiger partial charge in [0, 0.05) is 31.4 Å². The van der Waals surface area contributed by atoms with E-state index in [-0.39, 0.29) is 11.6 Å². The highest BCUT2D eigenvalue weighted by Gasteiger charge is 2.47. The molecule has 2 aliphatic rings. The molecule has 2 saturated heterocycles. The van der Waals surface area contributed by atoms with Gasteiger partial charge in [0.25, 0.3) is 0 Å². The summed E-state index contributed by atoms with van der Waals surface area (Å²) in [5.41, 5.74) is 1.70. The van der Waals surface area contributed by atoms with Gasteiger partial charge in [0.15, 0.2) is 0 Å². The SMILES string of the molecule is C[C@]12CCC(=O)N1CCCN2Cc1ccc2cccc(Cl)c2n1. The van der Waals surface area contributed by atoms with Gasteiger partial charge in [-0.2, -0.15) is 0 Å². The van der Waals surface area contributed by atoms with Crippen LogP contribution in [0, 0.1) is 0 Å². The van der Waals surface area contributed by atoms with E-state index in [1.807, 2.05) is 23.1 Å². The van der Waals surface area contributed by atoms with Crippen molar-refractivity contribution < 1.29 is 4.79 Å². The van der Waals surface area contributed by atoms with Crippen molar-refractivity contribution in [3.63, 3.8) is 0 Å². The van der Waals surface area contributed by atoms with Crippen LogP contribution in [0.2, 0.25) is 5.02 Å². The average Bonchev–Trinajstić information content (AvgIpc) is 2.85. The third kappa shape index (κ3) is 2.41. The van der Waals surface area contributed by atoms with Crippen LogP contribution in [0.3, 0.4) is 0 Å². The Morgan fingerprint density at radius 1 is 1.26 bits per heavy atom. The minimum atomic E-state index is -0.160. The highest BCUT2D eigenvalue weighted by atomic mass is 35.5. The molecule has 0 saturated carbocycles. The number of rotatable bonds is 2. The molecular weight excluding hydrogens is 310 g/mol. The predicted molar refractivity (Wildman–Crippen MR) is 91.1 cm³/mol. The number of nitrogens with zero attached hydrogens (tertiary/aromatic N) is 3. The first kappa shape index (κ1) is 14.9. The van der Waals surface area contributed by atoms with E-state index < -0.39 is 0 Å². The molecule has 0 unspecified atom stereocenters. The Labute approximate surface area is 141 Å². The van der Waals surface area contributed by atoms with Gasteiger partial charge in [-0.05, 0) is 31.9 Å². The second-order valence-corrected chi connectivity index (χ2v) is 7.06. The van der Waals surface area contributed by atoms with Gasteiger partial charge in [-0.15, -0.1) is 0 Å². The zero-order chi connectivity index (χ0) is 16.0. The number of carbonyl (C=O) groups excluding carboxylic acids is 1. The molecule has 3 heterocycles. The molecule has 2 aromatic rings. The molecule has 0 radical (unpaired) electrons. The number of amides is 1. The van der Waals surface area contributed by atoms with Crippen LogP contribution in [0.4, 0.5) is 0 Å². The molecule has 2 fully saturated rings. The monoisotopic (exact) mass is 329 g/mol. The molecule has 1 aromatic carbocycles. The Bertz CT molecular complexity index is 778. The second-order valence-electron chi connectivity index (χ2n) is 6.65. The first-order valence-corrected chi connectivity index (χ1v) is 8.55. The fourth-order valence-corrected chi connectivity index (χ4v) is 4.15. The largest absolute Gasteiger partial charge is 0.324 e. The van der Waals surface area contributed by atoms with Crippen molar-refractivity contribution >= 4 is 28.4 Å². The van der Waals surface area contributed by atoms with Gasteiger partial charge in [0.2, 0.25) is 5.91 Å². The van der Waals surface area contributed by atoms with E-state index in [2.05, 4.69) is 24.0 Å². The van der Waals surface area contributed by atoms with Gasteiger partial charge < -0.3 is 4.90 Å². The molecule has 0 bridgehead atoms. The van der Waals surface area contributed by atoms with Crippen molar-refractivity contribution in [3.8, 4) is 0 Å². The van der Waals surface area contributed by atoms with Gasteiger partial charge in [-0.1, -0.05) is 29.8 Å². The van der Waals surface area contributed by atoms with E-state index in [9.17, 15) is 4.79 Å². The van der Waals surface area contributed by atoms with Crippen LogP contribution in [0.15, 0.2) is 30.3 Å². The van der Waals surface area contributed by atoms with Crippen LogP contribution < -0.4 is 0 Å². The highest BCUT2D eigenvalue weighted by molar-refractivity contribution is 6.35. The third-order valence-corrected chi connectivity index (χ3v) is 5.57. The van der Waals surface area contributed by atoms with Gasteiger partial charge in [0.1, 0.15) is 0 Å². The Morgan fingerprint density at radius 2 is 2.13 bits per heavy atom. The topological polar surface area (TPSA) is 36.4 Å². The molecule has 120 valence electrons. The van der Waals surface area contributed by atoms with Crippen molar-refractivity contribution in [3.05, 3.63) is 41.0 Å². The number of fused-ring (bicyclic) bond motifs is 2. The summed E-state index contributed by atoms with van der Waals surface area (Å²) in [7, 11) is 0. The fourth-order valence-electron chi connectivity index (χ4n) is 3.92.